The number of thiazole rings is 1. The van der Waals surface area contributed by atoms with Gasteiger partial charge in [0.25, 0.3) is 11.8 Å². The van der Waals surface area contributed by atoms with Crippen molar-refractivity contribution in [3.8, 4) is 0 Å². The van der Waals surface area contributed by atoms with Crippen molar-refractivity contribution in [2.45, 2.75) is 23.4 Å². The van der Waals surface area contributed by atoms with Crippen molar-refractivity contribution >= 4 is 63.5 Å². The summed E-state index contributed by atoms with van der Waals surface area (Å²) in [6, 6.07) is 2.28. The summed E-state index contributed by atoms with van der Waals surface area (Å²) in [6.45, 7) is 1.62. The zero-order chi connectivity index (χ0) is 25.3. The molecule has 2 aromatic heterocycles. The smallest absolute Gasteiger partial charge is 0.594 e. The van der Waals surface area contributed by atoms with Gasteiger partial charge in [-0.25, -0.2) is 4.98 Å². The number of aliphatic carboxylic acids is 1. The Hall–Kier alpha value is -2.37. The average Bonchev–Trinajstić information content (AvgIpc) is 3.26. The van der Waals surface area contributed by atoms with Crippen LogP contribution in [0.1, 0.15) is 11.4 Å². The van der Waals surface area contributed by atoms with E-state index in [1.807, 2.05) is 0 Å². The molecule has 3 N–H and O–H groups in total. The molecule has 0 spiro atoms. The van der Waals surface area contributed by atoms with Gasteiger partial charge >= 0.3 is 29.6 Å². The van der Waals surface area contributed by atoms with Gasteiger partial charge < -0.3 is 31.0 Å². The Labute approximate surface area is 239 Å². The predicted molar refractivity (Wildman–Crippen MR) is 126 cm³/mol. The third-order valence-electron chi connectivity index (χ3n) is 5.04. The van der Waals surface area contributed by atoms with E-state index in [4.69, 9.17) is 10.6 Å². The minimum absolute atomic E-state index is 0. The maximum absolute atomic E-state index is 12.9. The van der Waals surface area contributed by atoms with Crippen LogP contribution in [0.5, 0.6) is 0 Å². The number of thioether (sulfide) groups is 2. The fourth-order valence-corrected chi connectivity index (χ4v) is 6.26. The molecule has 0 aliphatic carbocycles. The van der Waals surface area contributed by atoms with Gasteiger partial charge in [0, 0.05) is 35.0 Å². The van der Waals surface area contributed by atoms with E-state index in [1.54, 1.807) is 19.1 Å². The van der Waals surface area contributed by atoms with Crippen molar-refractivity contribution in [3.63, 3.8) is 0 Å². The SMILES string of the molecule is CO/N=C(\C(=O)NC1C(=O)N2C(C(=O)[O-])=C(CSc3ccc(C)[n+]([O-])n3)CS[C@H]12)c1csc(N)n1.[Na+]. The zero-order valence-electron chi connectivity index (χ0n) is 19.3. The zero-order valence-corrected chi connectivity index (χ0v) is 23.7. The molecule has 1 unspecified atom stereocenters. The second kappa shape index (κ2) is 11.8. The number of nitrogens with two attached hydrogens (primary N) is 1. The summed E-state index contributed by atoms with van der Waals surface area (Å²) in [7, 11) is 1.26. The van der Waals surface area contributed by atoms with E-state index in [2.05, 4.69) is 20.6 Å². The molecule has 0 bridgehead atoms. The summed E-state index contributed by atoms with van der Waals surface area (Å²) >= 11 is 3.58. The molecule has 0 aromatic carbocycles. The third kappa shape index (κ3) is 5.63. The van der Waals surface area contributed by atoms with Crippen LogP contribution in [0.3, 0.4) is 0 Å². The van der Waals surface area contributed by atoms with Gasteiger partial charge in [0.1, 0.15) is 24.2 Å². The van der Waals surface area contributed by atoms with Crippen LogP contribution in [0.25, 0.3) is 0 Å². The molecule has 2 aromatic rings. The van der Waals surface area contributed by atoms with Crippen molar-refractivity contribution in [1.82, 2.24) is 20.3 Å². The van der Waals surface area contributed by atoms with Gasteiger partial charge in [-0.15, -0.1) is 23.1 Å². The summed E-state index contributed by atoms with van der Waals surface area (Å²) in [6.07, 6.45) is 0. The molecule has 0 radical (unpaired) electrons. The molecule has 13 nitrogen and oxygen atoms in total. The van der Waals surface area contributed by atoms with E-state index in [-0.39, 0.29) is 63.3 Å². The Balaban J connectivity index is 0.00000361. The first-order chi connectivity index (χ1) is 16.7. The second-order valence-electron chi connectivity index (χ2n) is 7.27. The quantitative estimate of drug-likeness (QED) is 0.0604. The molecule has 2 amide bonds. The second-order valence-corrected chi connectivity index (χ2v) is 10.3. The van der Waals surface area contributed by atoms with Crippen molar-refractivity contribution in [3.05, 3.63) is 45.4 Å². The van der Waals surface area contributed by atoms with E-state index in [1.165, 1.54) is 36.0 Å². The number of nitrogen functional groups attached to an aromatic ring is 1. The summed E-state index contributed by atoms with van der Waals surface area (Å²) in [5.41, 5.74) is 6.28. The fraction of sp³-hybridized carbons (Fsp3) is 0.316. The summed E-state index contributed by atoms with van der Waals surface area (Å²) in [4.78, 5) is 47.9. The number of carboxylic acids is 1. The number of carbonyl (C=O) groups excluding carboxylic acids is 3. The molecule has 2 aliphatic heterocycles. The summed E-state index contributed by atoms with van der Waals surface area (Å²) < 4.78 is 0. The van der Waals surface area contributed by atoms with Gasteiger partial charge in [0.05, 0.1) is 11.7 Å². The largest absolute Gasteiger partial charge is 1.00 e. The minimum atomic E-state index is -1.50. The molecule has 1 fully saturated rings. The normalized spacial score (nSPS) is 19.2. The van der Waals surface area contributed by atoms with Gasteiger partial charge in [0.2, 0.25) is 5.69 Å². The summed E-state index contributed by atoms with van der Waals surface area (Å²) in [5.74, 6) is -2.35. The van der Waals surface area contributed by atoms with Gasteiger partial charge in [-0.3, -0.25) is 14.5 Å². The Morgan fingerprint density at radius 1 is 1.44 bits per heavy atom. The monoisotopic (exact) mass is 559 g/mol. The fourth-order valence-electron chi connectivity index (χ4n) is 3.38. The molecule has 4 rings (SSSR count). The van der Waals surface area contributed by atoms with E-state index < -0.39 is 29.2 Å². The molecular formula is C19H18N7NaO6S3. The van der Waals surface area contributed by atoms with Crippen LogP contribution in [0.15, 0.2) is 39.0 Å². The van der Waals surface area contributed by atoms with Crippen LogP contribution in [0.2, 0.25) is 0 Å². The van der Waals surface area contributed by atoms with E-state index in [0.29, 0.717) is 21.1 Å². The average molecular weight is 560 g/mol. The van der Waals surface area contributed by atoms with Crippen molar-refractivity contribution < 1.29 is 58.7 Å². The Morgan fingerprint density at radius 3 is 2.81 bits per heavy atom. The number of nitrogens with zero attached hydrogens (tertiary/aromatic N) is 5. The molecule has 0 saturated carbocycles. The standard InChI is InChI=1S/C19H19N7O6S3.Na/c1-8-3-4-11(23-26(8)31)33-5-9-6-34-17-13(16(28)25(17)14(9)18(29)30)22-15(27)12(24-32-2)10-7-35-19(20)21-10;/h3-4,7,13,17H,5-6H2,1-2H3,(H2,20,21)(H,22,27)(H,29,30);/q;+1/p-1/b24-12-;/t13?,17-;/m1./s1. The molecule has 4 heterocycles. The van der Waals surface area contributed by atoms with E-state index >= 15 is 0 Å². The van der Waals surface area contributed by atoms with E-state index in [9.17, 15) is 24.7 Å². The Bertz CT molecular complexity index is 1270. The molecule has 36 heavy (non-hydrogen) atoms. The first kappa shape index (κ1) is 28.2. The van der Waals surface area contributed by atoms with Crippen LogP contribution in [0, 0.1) is 12.1 Å². The molecular weight excluding hydrogens is 541 g/mol. The molecule has 184 valence electrons. The maximum Gasteiger partial charge on any atom is 1.00 e. The number of amides is 2. The topological polar surface area (TPSA) is 190 Å². The first-order valence-electron chi connectivity index (χ1n) is 9.93. The van der Waals surface area contributed by atoms with E-state index in [0.717, 1.165) is 16.2 Å². The number of oxime groups is 1. The Kier molecular flexibility index (Phi) is 9.23. The van der Waals surface area contributed by atoms with Crippen LogP contribution in [0.4, 0.5) is 5.13 Å². The number of β-lactam (4-membered cyclic amide) rings is 1. The number of fused-ring (bicyclic) bond motifs is 1. The number of carboxylic acid groups (broad SMARTS) is 1. The number of aromatic nitrogens is 3. The van der Waals surface area contributed by atoms with Crippen molar-refractivity contribution in [2.24, 2.45) is 5.16 Å². The predicted octanol–water partition coefficient (Wildman–Crippen LogP) is -4.39. The van der Waals surface area contributed by atoms with Crippen molar-refractivity contribution in [1.29, 1.82) is 0 Å². The number of aryl methyl sites for hydroxylation is 1. The number of hydrogen-bond donors (Lipinski definition) is 2. The molecule has 2 atom stereocenters. The molecule has 1 saturated heterocycles. The third-order valence-corrected chi connectivity index (χ3v) is 8.06. The van der Waals surface area contributed by atoms with Crippen LogP contribution in [-0.2, 0) is 19.2 Å². The minimum Gasteiger partial charge on any atom is -0.594 e. The van der Waals surface area contributed by atoms with Gasteiger partial charge in [-0.2, -0.15) is 0 Å². The summed E-state index contributed by atoms with van der Waals surface area (Å²) in [5, 5.41) is 35.2. The number of anilines is 1. The Morgan fingerprint density at radius 2 is 2.19 bits per heavy atom. The van der Waals surface area contributed by atoms with Crippen LogP contribution >= 0.6 is 34.9 Å². The first-order valence-corrected chi connectivity index (χ1v) is 12.8. The maximum atomic E-state index is 12.9. The number of nitrogens with one attached hydrogen (secondary N) is 1. The van der Waals surface area contributed by atoms with Gasteiger partial charge in [-0.1, -0.05) is 21.8 Å². The number of rotatable bonds is 8. The number of hydrogen-bond acceptors (Lipinski definition) is 13. The van der Waals surface area contributed by atoms with Crippen LogP contribution < -0.4 is 50.6 Å². The molecule has 2 aliphatic rings. The molecule has 17 heteroatoms. The van der Waals surface area contributed by atoms with Crippen molar-refractivity contribution in [2.75, 3.05) is 24.3 Å². The number of carbonyl (C=O) groups is 3. The van der Waals surface area contributed by atoms with Gasteiger partial charge in [0.15, 0.2) is 15.9 Å². The van der Waals surface area contributed by atoms with Crippen LogP contribution in [-0.4, -0.2) is 68.5 Å². The van der Waals surface area contributed by atoms with Gasteiger partial charge in [-0.05, 0) is 11.6 Å².